The molecule has 1 aromatic carbocycles. The smallest absolute Gasteiger partial charge is 0.316 e. The quantitative estimate of drug-likeness (QED) is 0.757. The molecule has 0 aliphatic carbocycles. The maximum absolute atomic E-state index is 11.8. The van der Waals surface area contributed by atoms with E-state index < -0.39 is 11.8 Å². The Balaban J connectivity index is 2.41. The van der Waals surface area contributed by atoms with Crippen LogP contribution in [0.4, 0.5) is 5.69 Å². The Morgan fingerprint density at radius 1 is 1.35 bits per heavy atom. The second-order valence-corrected chi connectivity index (χ2v) is 3.89. The summed E-state index contributed by atoms with van der Waals surface area (Å²) in [6, 6.07) is 5.54. The first-order valence-electron chi connectivity index (χ1n) is 5.38. The van der Waals surface area contributed by atoms with Crippen LogP contribution in [0.2, 0.25) is 0 Å². The highest BCUT2D eigenvalue weighted by Crippen LogP contribution is 2.29. The fraction of sp³-hybridized carbons (Fsp3) is 0.333. The number of carbonyl (C=O) groups excluding carboxylic acids is 2. The van der Waals surface area contributed by atoms with E-state index in [1.165, 1.54) is 4.90 Å². The lowest BCUT2D eigenvalue weighted by atomic mass is 10.1. The third-order valence-electron chi connectivity index (χ3n) is 2.69. The van der Waals surface area contributed by atoms with E-state index in [0.717, 1.165) is 5.56 Å². The molecular formula is C12H14N2O3. The molecule has 0 radical (unpaired) electrons. The average Bonchev–Trinajstić information content (AvgIpc) is 2.33. The lowest BCUT2D eigenvalue weighted by molar-refractivity contribution is -0.138. The molecule has 1 saturated heterocycles. The molecule has 0 bridgehead atoms. The van der Waals surface area contributed by atoms with Crippen LogP contribution in [-0.4, -0.2) is 32.0 Å². The van der Waals surface area contributed by atoms with Crippen LogP contribution in [0.5, 0.6) is 5.75 Å². The molecule has 1 fully saturated rings. The molecule has 0 atom stereocenters. The summed E-state index contributed by atoms with van der Waals surface area (Å²) in [5, 5.41) is 2.51. The van der Waals surface area contributed by atoms with Gasteiger partial charge in [-0.15, -0.1) is 0 Å². The zero-order valence-corrected chi connectivity index (χ0v) is 9.82. The van der Waals surface area contributed by atoms with Crippen molar-refractivity contribution in [1.82, 2.24) is 5.32 Å². The van der Waals surface area contributed by atoms with Crippen molar-refractivity contribution >= 4 is 17.5 Å². The van der Waals surface area contributed by atoms with Crippen LogP contribution in [-0.2, 0) is 9.59 Å². The Labute approximate surface area is 99.4 Å². The molecule has 1 N–H and O–H groups in total. The molecule has 2 rings (SSSR count). The Morgan fingerprint density at radius 3 is 2.82 bits per heavy atom. The van der Waals surface area contributed by atoms with Crippen LogP contribution >= 0.6 is 0 Å². The lowest BCUT2D eigenvalue weighted by Crippen LogP contribution is -2.52. The summed E-state index contributed by atoms with van der Waals surface area (Å²) in [4.78, 5) is 24.5. The number of aryl methyl sites for hydroxylation is 1. The molecule has 1 heterocycles. The minimum atomic E-state index is -0.570. The highest BCUT2D eigenvalue weighted by Gasteiger charge is 2.29. The number of hydrogen-bond acceptors (Lipinski definition) is 3. The minimum absolute atomic E-state index is 0.460. The van der Waals surface area contributed by atoms with Crippen LogP contribution in [0.25, 0.3) is 0 Å². The molecule has 0 unspecified atom stereocenters. The van der Waals surface area contributed by atoms with Gasteiger partial charge in [-0.3, -0.25) is 14.5 Å². The molecule has 0 spiro atoms. The molecule has 1 aromatic rings. The van der Waals surface area contributed by atoms with Crippen LogP contribution < -0.4 is 15.0 Å². The van der Waals surface area contributed by atoms with Gasteiger partial charge in [0, 0.05) is 13.1 Å². The van der Waals surface area contributed by atoms with Crippen LogP contribution in [0.15, 0.2) is 18.2 Å². The van der Waals surface area contributed by atoms with Gasteiger partial charge in [-0.25, -0.2) is 0 Å². The van der Waals surface area contributed by atoms with Crippen molar-refractivity contribution in [2.75, 3.05) is 25.1 Å². The van der Waals surface area contributed by atoms with Crippen LogP contribution in [0.1, 0.15) is 5.56 Å². The molecule has 0 aromatic heterocycles. The van der Waals surface area contributed by atoms with Crippen LogP contribution in [0.3, 0.4) is 0 Å². The van der Waals surface area contributed by atoms with Gasteiger partial charge < -0.3 is 10.1 Å². The number of piperazine rings is 1. The number of ether oxygens (including phenoxy) is 1. The zero-order valence-electron chi connectivity index (χ0n) is 9.82. The fourth-order valence-corrected chi connectivity index (χ4v) is 1.82. The Kier molecular flexibility index (Phi) is 2.99. The van der Waals surface area contributed by atoms with E-state index in [4.69, 9.17) is 4.74 Å². The van der Waals surface area contributed by atoms with Gasteiger partial charge in [0.1, 0.15) is 5.75 Å². The van der Waals surface area contributed by atoms with Crippen molar-refractivity contribution in [3.05, 3.63) is 23.8 Å². The van der Waals surface area contributed by atoms with Gasteiger partial charge in [-0.1, -0.05) is 6.07 Å². The van der Waals surface area contributed by atoms with Crippen molar-refractivity contribution in [3.63, 3.8) is 0 Å². The minimum Gasteiger partial charge on any atom is -0.495 e. The Morgan fingerprint density at radius 2 is 2.12 bits per heavy atom. The second kappa shape index (κ2) is 4.45. The zero-order chi connectivity index (χ0) is 12.4. The number of anilines is 1. The normalized spacial score (nSPS) is 15.8. The summed E-state index contributed by atoms with van der Waals surface area (Å²) in [7, 11) is 1.54. The fourth-order valence-electron chi connectivity index (χ4n) is 1.82. The van der Waals surface area contributed by atoms with Gasteiger partial charge in [0.2, 0.25) is 0 Å². The number of nitrogens with zero attached hydrogens (tertiary/aromatic N) is 1. The van der Waals surface area contributed by atoms with Gasteiger partial charge in [0.25, 0.3) is 0 Å². The summed E-state index contributed by atoms with van der Waals surface area (Å²) in [5.74, 6) is -0.515. The number of methoxy groups -OCH3 is 1. The number of carbonyl (C=O) groups is 2. The average molecular weight is 234 g/mol. The lowest BCUT2D eigenvalue weighted by Gasteiger charge is -2.27. The highest BCUT2D eigenvalue weighted by atomic mass is 16.5. The van der Waals surface area contributed by atoms with E-state index in [1.807, 2.05) is 19.1 Å². The number of nitrogens with one attached hydrogen (secondary N) is 1. The van der Waals surface area contributed by atoms with E-state index in [2.05, 4.69) is 5.32 Å². The molecule has 5 nitrogen and oxygen atoms in total. The van der Waals surface area contributed by atoms with E-state index in [-0.39, 0.29) is 0 Å². The van der Waals surface area contributed by atoms with Gasteiger partial charge >= 0.3 is 11.8 Å². The monoisotopic (exact) mass is 234 g/mol. The second-order valence-electron chi connectivity index (χ2n) is 3.89. The molecule has 90 valence electrons. The van der Waals surface area contributed by atoms with E-state index in [9.17, 15) is 9.59 Å². The molecule has 0 saturated carbocycles. The number of rotatable bonds is 2. The number of benzene rings is 1. The van der Waals surface area contributed by atoms with Crippen molar-refractivity contribution < 1.29 is 14.3 Å². The maximum Gasteiger partial charge on any atom is 0.316 e. The van der Waals surface area contributed by atoms with Crippen molar-refractivity contribution in [2.24, 2.45) is 0 Å². The predicted molar refractivity (Wildman–Crippen MR) is 63.1 cm³/mol. The summed E-state index contributed by atoms with van der Waals surface area (Å²) in [6.45, 7) is 2.85. The number of hydrogen-bond donors (Lipinski definition) is 1. The molecule has 5 heteroatoms. The predicted octanol–water partition coefficient (Wildman–Crippen LogP) is 0.466. The Hall–Kier alpha value is -2.04. The standard InChI is InChI=1S/C12H14N2O3/c1-8-3-4-10(17-2)9(7-8)14-6-5-13-11(15)12(14)16/h3-4,7H,5-6H2,1-2H3,(H,13,15). The van der Waals surface area contributed by atoms with Crippen molar-refractivity contribution in [1.29, 1.82) is 0 Å². The topological polar surface area (TPSA) is 58.6 Å². The highest BCUT2D eigenvalue weighted by molar-refractivity contribution is 6.41. The maximum atomic E-state index is 11.8. The summed E-state index contributed by atoms with van der Waals surface area (Å²) < 4.78 is 5.21. The van der Waals surface area contributed by atoms with Gasteiger partial charge in [0.15, 0.2) is 0 Å². The molecule has 17 heavy (non-hydrogen) atoms. The van der Waals surface area contributed by atoms with E-state index in [0.29, 0.717) is 24.5 Å². The molecule has 1 aliphatic rings. The first-order chi connectivity index (χ1) is 8.13. The first kappa shape index (κ1) is 11.4. The molecule has 1 aliphatic heterocycles. The third kappa shape index (κ3) is 2.08. The van der Waals surface area contributed by atoms with Gasteiger partial charge in [-0.05, 0) is 24.6 Å². The van der Waals surface area contributed by atoms with E-state index in [1.54, 1.807) is 13.2 Å². The SMILES string of the molecule is COc1ccc(C)cc1N1CCNC(=O)C1=O. The number of amides is 2. The third-order valence-corrected chi connectivity index (χ3v) is 2.69. The molecule has 2 amide bonds. The summed E-state index contributed by atoms with van der Waals surface area (Å²) >= 11 is 0. The first-order valence-corrected chi connectivity index (χ1v) is 5.38. The van der Waals surface area contributed by atoms with Gasteiger partial charge in [-0.2, -0.15) is 0 Å². The summed E-state index contributed by atoms with van der Waals surface area (Å²) in [6.07, 6.45) is 0. The van der Waals surface area contributed by atoms with E-state index >= 15 is 0 Å². The Bertz CT molecular complexity index is 471. The summed E-state index contributed by atoms with van der Waals surface area (Å²) in [5.41, 5.74) is 1.66. The molecular weight excluding hydrogens is 220 g/mol. The van der Waals surface area contributed by atoms with Crippen LogP contribution in [0, 0.1) is 6.92 Å². The van der Waals surface area contributed by atoms with Gasteiger partial charge in [0.05, 0.1) is 12.8 Å². The van der Waals surface area contributed by atoms with Crippen molar-refractivity contribution in [3.8, 4) is 5.75 Å². The largest absolute Gasteiger partial charge is 0.495 e. The van der Waals surface area contributed by atoms with Crippen molar-refractivity contribution in [2.45, 2.75) is 6.92 Å².